The highest BCUT2D eigenvalue weighted by Gasteiger charge is 2.30. The average Bonchev–Trinajstić information content (AvgIpc) is 3.20. The third-order valence-corrected chi connectivity index (χ3v) is 4.85. The minimum atomic E-state index is -0.166. The molecule has 0 bridgehead atoms. The zero-order chi connectivity index (χ0) is 17.6. The number of methoxy groups -OCH3 is 1. The summed E-state index contributed by atoms with van der Waals surface area (Å²) in [5, 5.41) is 9.26. The van der Waals surface area contributed by atoms with Crippen LogP contribution in [0.4, 0.5) is 0 Å². The van der Waals surface area contributed by atoms with E-state index in [0.717, 1.165) is 37.2 Å². The zero-order valence-electron chi connectivity index (χ0n) is 14.6. The first kappa shape index (κ1) is 17.7. The Balaban J connectivity index is 1.65. The number of benzene rings is 1. The van der Waals surface area contributed by atoms with E-state index in [-0.39, 0.29) is 30.4 Å². The van der Waals surface area contributed by atoms with Gasteiger partial charge in [-0.1, -0.05) is 18.2 Å². The van der Waals surface area contributed by atoms with E-state index in [2.05, 4.69) is 16.0 Å². The Kier molecular flexibility index (Phi) is 5.88. The van der Waals surface area contributed by atoms with Gasteiger partial charge in [0.05, 0.1) is 25.7 Å². The minimum Gasteiger partial charge on any atom is -0.496 e. The second-order valence-corrected chi connectivity index (χ2v) is 6.42. The third-order valence-electron chi connectivity index (χ3n) is 4.85. The molecule has 2 unspecified atom stereocenters. The Hall–Kier alpha value is -2.12. The fraction of sp³-hybridized carbons (Fsp3) is 0.556. The lowest BCUT2D eigenvalue weighted by Crippen LogP contribution is -2.52. The van der Waals surface area contributed by atoms with E-state index in [9.17, 15) is 9.59 Å². The molecule has 3 N–H and O–H groups in total. The van der Waals surface area contributed by atoms with Crippen LogP contribution < -0.4 is 20.7 Å². The van der Waals surface area contributed by atoms with Gasteiger partial charge in [-0.2, -0.15) is 0 Å². The zero-order valence-corrected chi connectivity index (χ0v) is 14.6. The Morgan fingerprint density at radius 3 is 2.92 bits per heavy atom. The maximum Gasteiger partial charge on any atom is 0.242 e. The number of amides is 2. The monoisotopic (exact) mass is 346 g/mol. The number of carbonyl (C=O) groups is 2. The fourth-order valence-electron chi connectivity index (χ4n) is 3.52. The third kappa shape index (κ3) is 4.11. The topological polar surface area (TPSA) is 82.7 Å². The van der Waals surface area contributed by atoms with Crippen molar-refractivity contribution in [3.05, 3.63) is 29.8 Å². The van der Waals surface area contributed by atoms with E-state index in [1.54, 1.807) is 7.11 Å². The van der Waals surface area contributed by atoms with Crippen molar-refractivity contribution in [1.82, 2.24) is 20.9 Å². The molecule has 0 aromatic heterocycles. The Labute approximate surface area is 148 Å². The van der Waals surface area contributed by atoms with E-state index in [4.69, 9.17) is 4.74 Å². The number of piperazine rings is 1. The van der Waals surface area contributed by atoms with E-state index in [1.165, 1.54) is 0 Å². The molecule has 2 amide bonds. The molecule has 3 rings (SSSR count). The summed E-state index contributed by atoms with van der Waals surface area (Å²) in [5.41, 5.74) is 0.981. The molecule has 2 saturated heterocycles. The molecule has 0 spiro atoms. The normalized spacial score (nSPS) is 23.3. The predicted octanol–water partition coefficient (Wildman–Crippen LogP) is 0.0363. The van der Waals surface area contributed by atoms with Crippen LogP contribution >= 0.6 is 0 Å². The molecular weight excluding hydrogens is 320 g/mol. The maximum atomic E-state index is 12.7. The van der Waals surface area contributed by atoms with E-state index >= 15 is 0 Å². The number of para-hydroxylation sites is 1. The van der Waals surface area contributed by atoms with Crippen molar-refractivity contribution in [2.45, 2.75) is 24.9 Å². The molecule has 2 atom stereocenters. The number of hydrogen-bond donors (Lipinski definition) is 3. The van der Waals surface area contributed by atoms with Crippen LogP contribution in [0.1, 0.15) is 24.4 Å². The number of nitrogens with zero attached hydrogens (tertiary/aromatic N) is 1. The molecule has 7 heteroatoms. The first-order chi connectivity index (χ1) is 12.2. The first-order valence-corrected chi connectivity index (χ1v) is 8.85. The molecule has 0 aliphatic carbocycles. The fourth-order valence-corrected chi connectivity index (χ4v) is 3.52. The van der Waals surface area contributed by atoms with Crippen LogP contribution in [0.2, 0.25) is 0 Å². The highest BCUT2D eigenvalue weighted by Crippen LogP contribution is 2.30. The van der Waals surface area contributed by atoms with Gasteiger partial charge in [0, 0.05) is 25.2 Å². The van der Waals surface area contributed by atoms with Crippen molar-refractivity contribution in [3.8, 4) is 5.75 Å². The number of ether oxygens (including phenoxy) is 1. The Bertz CT molecular complexity index is 616. The first-order valence-electron chi connectivity index (χ1n) is 8.85. The molecule has 2 aliphatic rings. The predicted molar refractivity (Wildman–Crippen MR) is 94.4 cm³/mol. The van der Waals surface area contributed by atoms with E-state index < -0.39 is 0 Å². The minimum absolute atomic E-state index is 0.0304. The number of carbonyl (C=O) groups excluding carboxylic acids is 2. The molecule has 0 radical (unpaired) electrons. The van der Waals surface area contributed by atoms with Crippen LogP contribution in [-0.4, -0.2) is 62.6 Å². The van der Waals surface area contributed by atoms with Gasteiger partial charge in [0.2, 0.25) is 11.8 Å². The summed E-state index contributed by atoms with van der Waals surface area (Å²) >= 11 is 0. The molecule has 1 aromatic carbocycles. The molecule has 1 aromatic rings. The summed E-state index contributed by atoms with van der Waals surface area (Å²) in [6.45, 7) is 2.92. The van der Waals surface area contributed by atoms with Gasteiger partial charge in [0.25, 0.3) is 0 Å². The summed E-state index contributed by atoms with van der Waals surface area (Å²) in [7, 11) is 1.63. The maximum absolute atomic E-state index is 12.7. The van der Waals surface area contributed by atoms with Crippen molar-refractivity contribution in [2.24, 2.45) is 0 Å². The second kappa shape index (κ2) is 8.31. The van der Waals surface area contributed by atoms with Crippen molar-refractivity contribution >= 4 is 11.8 Å². The largest absolute Gasteiger partial charge is 0.496 e. The smallest absolute Gasteiger partial charge is 0.242 e. The van der Waals surface area contributed by atoms with Gasteiger partial charge in [-0.05, 0) is 25.5 Å². The van der Waals surface area contributed by atoms with Gasteiger partial charge >= 0.3 is 0 Å². The second-order valence-electron chi connectivity index (χ2n) is 6.42. The highest BCUT2D eigenvalue weighted by molar-refractivity contribution is 5.87. The summed E-state index contributed by atoms with van der Waals surface area (Å²) < 4.78 is 5.45. The summed E-state index contributed by atoms with van der Waals surface area (Å²) in [6.07, 6.45) is 1.83. The summed E-state index contributed by atoms with van der Waals surface area (Å²) in [5.74, 6) is 0.617. The SMILES string of the molecule is COc1ccccc1C1CNCCN1C(=O)CNC(=O)C1CCCN1. The van der Waals surface area contributed by atoms with Crippen LogP contribution in [0.15, 0.2) is 24.3 Å². The van der Waals surface area contributed by atoms with Crippen molar-refractivity contribution < 1.29 is 14.3 Å². The van der Waals surface area contributed by atoms with Gasteiger partial charge in [0.15, 0.2) is 0 Å². The molecular formula is C18H26N4O3. The lowest BCUT2D eigenvalue weighted by Gasteiger charge is -2.37. The number of hydrogen-bond acceptors (Lipinski definition) is 5. The van der Waals surface area contributed by atoms with E-state index in [1.807, 2.05) is 29.2 Å². The number of rotatable bonds is 5. The lowest BCUT2D eigenvalue weighted by molar-refractivity contribution is -0.136. The van der Waals surface area contributed by atoms with Crippen LogP contribution in [0, 0.1) is 0 Å². The van der Waals surface area contributed by atoms with Crippen molar-refractivity contribution in [1.29, 1.82) is 0 Å². The van der Waals surface area contributed by atoms with Gasteiger partial charge in [0.1, 0.15) is 5.75 Å². The highest BCUT2D eigenvalue weighted by atomic mass is 16.5. The van der Waals surface area contributed by atoms with Crippen molar-refractivity contribution in [2.75, 3.05) is 39.8 Å². The molecule has 2 fully saturated rings. The van der Waals surface area contributed by atoms with Gasteiger partial charge in [-0.3, -0.25) is 9.59 Å². The molecule has 2 heterocycles. The van der Waals surface area contributed by atoms with Crippen LogP contribution in [0.3, 0.4) is 0 Å². The molecule has 2 aliphatic heterocycles. The quantitative estimate of drug-likeness (QED) is 0.701. The van der Waals surface area contributed by atoms with Crippen LogP contribution in [0.25, 0.3) is 0 Å². The summed E-state index contributed by atoms with van der Waals surface area (Å²) in [6, 6.07) is 7.49. The standard InChI is InChI=1S/C18H26N4O3/c1-25-16-7-3-2-5-13(16)15-11-19-9-10-22(15)17(23)12-21-18(24)14-6-4-8-20-14/h2-3,5,7,14-15,19-20H,4,6,8-12H2,1H3,(H,21,24). The van der Waals surface area contributed by atoms with Gasteiger partial charge in [-0.15, -0.1) is 0 Å². The van der Waals surface area contributed by atoms with Crippen LogP contribution in [0.5, 0.6) is 5.75 Å². The Morgan fingerprint density at radius 2 is 2.16 bits per heavy atom. The van der Waals surface area contributed by atoms with E-state index in [0.29, 0.717) is 13.1 Å². The molecule has 25 heavy (non-hydrogen) atoms. The van der Waals surface area contributed by atoms with Gasteiger partial charge < -0.3 is 25.6 Å². The summed E-state index contributed by atoms with van der Waals surface area (Å²) in [4.78, 5) is 26.7. The van der Waals surface area contributed by atoms with Crippen LogP contribution in [-0.2, 0) is 9.59 Å². The Morgan fingerprint density at radius 1 is 1.32 bits per heavy atom. The molecule has 0 saturated carbocycles. The van der Waals surface area contributed by atoms with Crippen molar-refractivity contribution in [3.63, 3.8) is 0 Å². The molecule has 7 nitrogen and oxygen atoms in total. The molecule has 136 valence electrons. The van der Waals surface area contributed by atoms with Gasteiger partial charge in [-0.25, -0.2) is 0 Å². The average molecular weight is 346 g/mol. The lowest BCUT2D eigenvalue weighted by atomic mass is 10.0. The number of nitrogens with one attached hydrogen (secondary N) is 3.